The molecule has 0 aliphatic carbocycles. The third-order valence-corrected chi connectivity index (χ3v) is 2.84. The smallest absolute Gasteiger partial charge is 0.287 e. The first-order chi connectivity index (χ1) is 9.29. The predicted molar refractivity (Wildman–Crippen MR) is 70.0 cm³/mol. The van der Waals surface area contributed by atoms with Crippen molar-refractivity contribution in [1.82, 2.24) is 25.3 Å². The predicted octanol–water partition coefficient (Wildman–Crippen LogP) is 0.815. The van der Waals surface area contributed by atoms with Crippen molar-refractivity contribution < 1.29 is 9.53 Å². The van der Waals surface area contributed by atoms with Gasteiger partial charge >= 0.3 is 0 Å². The SMILES string of the molecule is COCCNC(=O)c1nc2c(cnc3[nH]ccc32)[nH]1. The molecule has 0 radical (unpaired) electrons. The molecule has 0 aliphatic heterocycles. The molecule has 0 bridgehead atoms. The van der Waals surface area contributed by atoms with Gasteiger partial charge in [0.05, 0.1) is 18.3 Å². The number of aromatic amines is 2. The number of nitrogens with zero attached hydrogens (tertiary/aromatic N) is 2. The van der Waals surface area contributed by atoms with Crippen molar-refractivity contribution in [3.05, 3.63) is 24.3 Å². The topological polar surface area (TPSA) is 95.7 Å². The van der Waals surface area contributed by atoms with Crippen LogP contribution in [0.1, 0.15) is 10.6 Å². The van der Waals surface area contributed by atoms with Gasteiger partial charge in [0.2, 0.25) is 0 Å². The minimum absolute atomic E-state index is 0.253. The molecule has 7 nitrogen and oxygen atoms in total. The summed E-state index contributed by atoms with van der Waals surface area (Å²) in [6, 6.07) is 1.89. The Kier molecular flexibility index (Phi) is 2.88. The number of hydrogen-bond donors (Lipinski definition) is 3. The molecule has 3 heterocycles. The van der Waals surface area contributed by atoms with E-state index in [2.05, 4.69) is 25.3 Å². The third-order valence-electron chi connectivity index (χ3n) is 2.84. The number of fused-ring (bicyclic) bond motifs is 3. The maximum absolute atomic E-state index is 11.9. The summed E-state index contributed by atoms with van der Waals surface area (Å²) in [5.74, 6) is 0.0264. The molecule has 7 heteroatoms. The quantitative estimate of drug-likeness (QED) is 0.604. The fourth-order valence-electron chi connectivity index (χ4n) is 1.93. The van der Waals surface area contributed by atoms with Crippen molar-refractivity contribution in [2.75, 3.05) is 20.3 Å². The molecule has 19 heavy (non-hydrogen) atoms. The highest BCUT2D eigenvalue weighted by molar-refractivity contribution is 6.03. The number of imidazole rings is 1. The van der Waals surface area contributed by atoms with Crippen LogP contribution >= 0.6 is 0 Å². The van der Waals surface area contributed by atoms with E-state index in [1.54, 1.807) is 19.5 Å². The van der Waals surface area contributed by atoms with Crippen molar-refractivity contribution in [2.45, 2.75) is 0 Å². The number of carbonyl (C=O) groups excluding carboxylic acids is 1. The number of amides is 1. The van der Waals surface area contributed by atoms with Crippen LogP contribution in [0.2, 0.25) is 0 Å². The molecular formula is C12H13N5O2. The van der Waals surface area contributed by atoms with Crippen molar-refractivity contribution in [1.29, 1.82) is 0 Å². The fourth-order valence-corrected chi connectivity index (χ4v) is 1.93. The number of hydrogen-bond acceptors (Lipinski definition) is 4. The summed E-state index contributed by atoms with van der Waals surface area (Å²) in [7, 11) is 1.58. The first kappa shape index (κ1) is 11.7. The molecular weight excluding hydrogens is 246 g/mol. The van der Waals surface area contributed by atoms with Gasteiger partial charge in [0.25, 0.3) is 5.91 Å². The molecule has 0 spiro atoms. The lowest BCUT2D eigenvalue weighted by molar-refractivity contribution is 0.0928. The summed E-state index contributed by atoms with van der Waals surface area (Å²) in [6.45, 7) is 0.916. The molecule has 0 fully saturated rings. The Morgan fingerprint density at radius 2 is 2.42 bits per heavy atom. The molecule has 0 saturated carbocycles. The summed E-state index contributed by atoms with van der Waals surface area (Å²) >= 11 is 0. The second-order valence-electron chi connectivity index (χ2n) is 4.09. The van der Waals surface area contributed by atoms with Gasteiger partial charge in [0, 0.05) is 25.2 Å². The summed E-state index contributed by atoms with van der Waals surface area (Å²) in [4.78, 5) is 26.4. The van der Waals surface area contributed by atoms with Gasteiger partial charge in [-0.1, -0.05) is 0 Å². The lowest BCUT2D eigenvalue weighted by atomic mass is 10.3. The summed E-state index contributed by atoms with van der Waals surface area (Å²) in [6.07, 6.45) is 3.46. The van der Waals surface area contributed by atoms with E-state index in [0.717, 1.165) is 22.1 Å². The normalized spacial score (nSPS) is 11.2. The molecule has 0 unspecified atom stereocenters. The van der Waals surface area contributed by atoms with E-state index in [9.17, 15) is 4.79 Å². The largest absolute Gasteiger partial charge is 0.383 e. The van der Waals surface area contributed by atoms with Crippen LogP contribution in [0.25, 0.3) is 22.1 Å². The zero-order valence-electron chi connectivity index (χ0n) is 10.4. The van der Waals surface area contributed by atoms with Gasteiger partial charge in [-0.2, -0.15) is 0 Å². The zero-order chi connectivity index (χ0) is 13.2. The van der Waals surface area contributed by atoms with Crippen molar-refractivity contribution >= 4 is 28.0 Å². The van der Waals surface area contributed by atoms with Crippen LogP contribution in [-0.2, 0) is 4.74 Å². The van der Waals surface area contributed by atoms with E-state index in [0.29, 0.717) is 13.2 Å². The highest BCUT2D eigenvalue weighted by Gasteiger charge is 2.13. The summed E-state index contributed by atoms with van der Waals surface area (Å²) in [5, 5.41) is 3.61. The van der Waals surface area contributed by atoms with Gasteiger partial charge in [-0.3, -0.25) is 4.79 Å². The fraction of sp³-hybridized carbons (Fsp3) is 0.250. The van der Waals surface area contributed by atoms with Crippen molar-refractivity contribution in [3.63, 3.8) is 0 Å². The van der Waals surface area contributed by atoms with Crippen LogP contribution in [0.3, 0.4) is 0 Å². The van der Waals surface area contributed by atoms with Crippen LogP contribution in [0.4, 0.5) is 0 Å². The molecule has 3 rings (SSSR count). The molecule has 98 valence electrons. The van der Waals surface area contributed by atoms with Crippen LogP contribution in [0.5, 0.6) is 0 Å². The highest BCUT2D eigenvalue weighted by Crippen LogP contribution is 2.20. The molecule has 1 amide bonds. The van der Waals surface area contributed by atoms with Gasteiger partial charge < -0.3 is 20.0 Å². The van der Waals surface area contributed by atoms with Crippen molar-refractivity contribution in [2.24, 2.45) is 0 Å². The number of carbonyl (C=O) groups is 1. The van der Waals surface area contributed by atoms with E-state index < -0.39 is 0 Å². The maximum Gasteiger partial charge on any atom is 0.287 e. The average molecular weight is 259 g/mol. The zero-order valence-corrected chi connectivity index (χ0v) is 10.4. The third kappa shape index (κ3) is 2.04. The second-order valence-corrected chi connectivity index (χ2v) is 4.09. The molecule has 0 aromatic carbocycles. The molecule has 3 aromatic rings. The summed E-state index contributed by atoms with van der Waals surface area (Å²) < 4.78 is 4.87. The number of methoxy groups -OCH3 is 1. The lowest BCUT2D eigenvalue weighted by Crippen LogP contribution is -2.27. The minimum Gasteiger partial charge on any atom is -0.383 e. The van der Waals surface area contributed by atoms with E-state index in [-0.39, 0.29) is 11.7 Å². The van der Waals surface area contributed by atoms with Gasteiger partial charge in [-0.15, -0.1) is 0 Å². The molecule has 0 aliphatic rings. The maximum atomic E-state index is 11.9. The number of nitrogens with one attached hydrogen (secondary N) is 3. The van der Waals surface area contributed by atoms with E-state index in [1.165, 1.54) is 0 Å². The van der Waals surface area contributed by atoms with Gasteiger partial charge in [0.15, 0.2) is 5.82 Å². The van der Waals surface area contributed by atoms with Gasteiger partial charge in [-0.05, 0) is 6.07 Å². The Morgan fingerprint density at radius 1 is 1.53 bits per heavy atom. The molecule has 0 saturated heterocycles. The van der Waals surface area contributed by atoms with E-state index >= 15 is 0 Å². The average Bonchev–Trinajstić information content (AvgIpc) is 3.04. The Hall–Kier alpha value is -2.41. The second kappa shape index (κ2) is 4.69. The Morgan fingerprint density at radius 3 is 3.26 bits per heavy atom. The van der Waals surface area contributed by atoms with Crippen molar-refractivity contribution in [3.8, 4) is 0 Å². The monoisotopic (exact) mass is 259 g/mol. The number of aromatic nitrogens is 4. The van der Waals surface area contributed by atoms with Crippen LogP contribution in [0.15, 0.2) is 18.5 Å². The minimum atomic E-state index is -0.253. The number of rotatable bonds is 4. The lowest BCUT2D eigenvalue weighted by Gasteiger charge is -2.00. The van der Waals surface area contributed by atoms with Gasteiger partial charge in [0.1, 0.15) is 11.2 Å². The Balaban J connectivity index is 1.94. The first-order valence-corrected chi connectivity index (χ1v) is 5.88. The number of pyridine rings is 1. The molecule has 0 atom stereocenters. The van der Waals surface area contributed by atoms with Crippen LogP contribution < -0.4 is 5.32 Å². The standard InChI is InChI=1S/C12H13N5O2/c1-19-5-4-14-12(18)11-16-8-6-15-10-7(2-3-13-10)9(8)17-11/h2-3,6H,4-5H2,1H3,(H,13,15)(H,14,18)(H,16,17). The number of H-pyrrole nitrogens is 2. The first-order valence-electron chi connectivity index (χ1n) is 5.88. The highest BCUT2D eigenvalue weighted by atomic mass is 16.5. The number of ether oxygens (including phenoxy) is 1. The van der Waals surface area contributed by atoms with E-state index in [1.807, 2.05) is 6.07 Å². The van der Waals surface area contributed by atoms with Gasteiger partial charge in [-0.25, -0.2) is 9.97 Å². The van der Waals surface area contributed by atoms with E-state index in [4.69, 9.17) is 4.74 Å². The molecule has 3 aromatic heterocycles. The van der Waals surface area contributed by atoms with Crippen LogP contribution in [-0.4, -0.2) is 46.1 Å². The molecule has 3 N–H and O–H groups in total. The van der Waals surface area contributed by atoms with Crippen LogP contribution in [0, 0.1) is 0 Å². The Bertz CT molecular complexity index is 730. The Labute approximate surface area is 108 Å². The summed E-state index contributed by atoms with van der Waals surface area (Å²) in [5.41, 5.74) is 2.23.